The van der Waals surface area contributed by atoms with E-state index in [-0.39, 0.29) is 62.4 Å². The maximum absolute atomic E-state index is 11.8. The Morgan fingerprint density at radius 2 is 0.600 bits per heavy atom. The molecule has 0 radical (unpaired) electrons. The van der Waals surface area contributed by atoms with Crippen LogP contribution in [0.15, 0.2) is 72.9 Å². The van der Waals surface area contributed by atoms with Crippen LogP contribution in [0.1, 0.15) is 182 Å². The number of aromatic hydroxyl groups is 3. The summed E-state index contributed by atoms with van der Waals surface area (Å²) in [6.45, 7) is 49.9. The molecule has 0 fully saturated rings. The van der Waals surface area contributed by atoms with Crippen LogP contribution in [0.4, 0.5) is 0 Å². The van der Waals surface area contributed by atoms with Gasteiger partial charge >= 0.3 is 17.9 Å². The van der Waals surface area contributed by atoms with Crippen molar-refractivity contribution >= 4 is 17.9 Å². The molecule has 0 unspecified atom stereocenters. The van der Waals surface area contributed by atoms with Crippen molar-refractivity contribution in [2.75, 3.05) is 6.61 Å². The summed E-state index contributed by atoms with van der Waals surface area (Å²) in [6.07, 6.45) is 0.981. The molecule has 0 spiro atoms. The number of carboxylic acids is 2. The lowest BCUT2D eigenvalue weighted by Gasteiger charge is -2.28. The van der Waals surface area contributed by atoms with Gasteiger partial charge in [-0.25, -0.2) is 14.4 Å². The van der Waals surface area contributed by atoms with E-state index in [9.17, 15) is 29.7 Å². The van der Waals surface area contributed by atoms with Crippen molar-refractivity contribution in [1.82, 2.24) is 0 Å². The van der Waals surface area contributed by atoms with Gasteiger partial charge in [0, 0.05) is 36.0 Å². The summed E-state index contributed by atoms with van der Waals surface area (Å²) in [5.41, 5.74) is 7.31. The molecule has 0 bridgehead atoms. The highest BCUT2D eigenvalue weighted by atomic mass is 16.5. The average molecular weight is 899 g/mol. The van der Waals surface area contributed by atoms with Crippen molar-refractivity contribution in [2.45, 2.75) is 183 Å². The Bertz CT molecular complexity index is 2030. The van der Waals surface area contributed by atoms with Gasteiger partial charge in [-0.05, 0) is 89.5 Å². The number of hydrogen-bond acceptors (Lipinski definition) is 7. The Labute approximate surface area is 391 Å². The summed E-state index contributed by atoms with van der Waals surface area (Å²) >= 11 is 0. The highest BCUT2D eigenvalue weighted by Crippen LogP contribution is 2.43. The molecule has 0 aliphatic rings. The van der Waals surface area contributed by atoms with E-state index in [1.165, 1.54) is 0 Å². The van der Waals surface area contributed by atoms with Crippen molar-refractivity contribution in [2.24, 2.45) is 0 Å². The van der Waals surface area contributed by atoms with Gasteiger partial charge in [0.1, 0.15) is 17.2 Å². The molecule has 9 heteroatoms. The summed E-state index contributed by atoms with van der Waals surface area (Å²) in [5, 5.41) is 49.9. The fraction of sp³-hybridized carbons (Fsp3) is 0.518. The number of phenols is 3. The van der Waals surface area contributed by atoms with E-state index in [0.29, 0.717) is 35.8 Å². The lowest BCUT2D eigenvalue weighted by Crippen LogP contribution is -2.18. The van der Waals surface area contributed by atoms with Crippen LogP contribution in [0.3, 0.4) is 0 Å². The second-order valence-electron chi connectivity index (χ2n) is 23.3. The van der Waals surface area contributed by atoms with E-state index in [2.05, 4.69) is 61.3 Å². The molecule has 0 saturated heterocycles. The van der Waals surface area contributed by atoms with E-state index in [4.69, 9.17) is 14.9 Å². The number of hydrogen-bond donors (Lipinski definition) is 5. The largest absolute Gasteiger partial charge is 0.507 e. The number of rotatable bonds is 10. The first-order valence-corrected chi connectivity index (χ1v) is 22.3. The first-order valence-electron chi connectivity index (χ1n) is 22.3. The lowest BCUT2D eigenvalue weighted by atomic mass is 9.78. The number of carbonyl (C=O) groups is 3. The summed E-state index contributed by atoms with van der Waals surface area (Å²) < 4.78 is 5.01. The smallest absolute Gasteiger partial charge is 0.333 e. The van der Waals surface area contributed by atoms with Gasteiger partial charge in [0.25, 0.3) is 0 Å². The third-order valence-electron chi connectivity index (χ3n) is 10.8. The van der Waals surface area contributed by atoms with Crippen molar-refractivity contribution in [3.05, 3.63) is 123 Å². The topological polar surface area (TPSA) is 162 Å². The zero-order chi connectivity index (χ0) is 51.2. The lowest BCUT2D eigenvalue weighted by molar-refractivity contribution is -0.138. The van der Waals surface area contributed by atoms with Crippen LogP contribution >= 0.6 is 0 Å². The van der Waals surface area contributed by atoms with Crippen molar-refractivity contribution in [3.63, 3.8) is 0 Å². The fourth-order valence-electron chi connectivity index (χ4n) is 7.01. The molecule has 0 atom stereocenters. The van der Waals surface area contributed by atoms with Crippen LogP contribution in [0.25, 0.3) is 0 Å². The number of benzene rings is 3. The number of carbonyl (C=O) groups excluding carboxylic acids is 1. The number of aliphatic carboxylic acids is 2. The number of ether oxygens (including phenoxy) is 1. The SMILES string of the molecule is C=C(Cc1cc(C(C)(C)C)c(O)c(C(C)(C)C)c1)C(=O)O.C=C(Cc1cc(C(C)(C)C)c(O)c(C(C)(C)C)c1)C(=O)O.C=C(Cc1cc(C(C)(C)C)c(O)c(C(C)(C)C)c1)C(=O)OCC. The molecule has 3 rings (SSSR count). The molecular formula is C56H82O9. The molecule has 5 N–H and O–H groups in total. The second-order valence-corrected chi connectivity index (χ2v) is 23.3. The first-order chi connectivity index (χ1) is 29.0. The molecular weight excluding hydrogens is 817 g/mol. The first kappa shape index (κ1) is 57.7. The predicted octanol–water partition coefficient (Wildman–Crippen LogP) is 13.0. The minimum absolute atomic E-state index is 0.153. The van der Waals surface area contributed by atoms with Gasteiger partial charge < -0.3 is 30.3 Å². The number of esters is 1. The minimum atomic E-state index is -0.988. The molecule has 0 aromatic heterocycles. The molecule has 9 nitrogen and oxygen atoms in total. The van der Waals surface area contributed by atoms with Crippen LogP contribution in [0, 0.1) is 0 Å². The van der Waals surface area contributed by atoms with Crippen molar-refractivity contribution < 1.29 is 44.7 Å². The second kappa shape index (κ2) is 21.3. The van der Waals surface area contributed by atoms with Gasteiger partial charge in [0.2, 0.25) is 0 Å². The van der Waals surface area contributed by atoms with Crippen LogP contribution in [0.5, 0.6) is 17.2 Å². The molecule has 3 aromatic carbocycles. The molecule has 0 aliphatic heterocycles. The van der Waals surface area contributed by atoms with Crippen molar-refractivity contribution in [3.8, 4) is 17.2 Å². The van der Waals surface area contributed by atoms with E-state index in [1.54, 1.807) is 6.92 Å². The van der Waals surface area contributed by atoms with Gasteiger partial charge in [-0.2, -0.15) is 0 Å². The zero-order valence-electron chi connectivity index (χ0n) is 43.3. The maximum atomic E-state index is 11.8. The Kier molecular flexibility index (Phi) is 18.9. The van der Waals surface area contributed by atoms with Gasteiger partial charge in [-0.15, -0.1) is 0 Å². The fourth-order valence-corrected chi connectivity index (χ4v) is 7.01. The average Bonchev–Trinajstić information content (AvgIpc) is 3.11. The van der Waals surface area contributed by atoms with Gasteiger partial charge in [0.15, 0.2) is 0 Å². The normalized spacial score (nSPS) is 12.2. The summed E-state index contributed by atoms with van der Waals surface area (Å²) in [7, 11) is 0. The number of phenolic OH excluding ortho intramolecular Hbond substituents is 3. The van der Waals surface area contributed by atoms with Crippen molar-refractivity contribution in [1.29, 1.82) is 0 Å². The Morgan fingerprint density at radius 3 is 0.754 bits per heavy atom. The predicted molar refractivity (Wildman–Crippen MR) is 267 cm³/mol. The zero-order valence-corrected chi connectivity index (χ0v) is 43.3. The van der Waals surface area contributed by atoms with Gasteiger partial charge in [0.05, 0.1) is 6.61 Å². The van der Waals surface area contributed by atoms with E-state index in [1.807, 2.05) is 119 Å². The Morgan fingerprint density at radius 1 is 0.415 bits per heavy atom. The Hall–Kier alpha value is -5.31. The highest BCUT2D eigenvalue weighted by molar-refractivity contribution is 5.88. The van der Waals surface area contributed by atoms with Crippen LogP contribution in [0.2, 0.25) is 0 Å². The monoisotopic (exact) mass is 899 g/mol. The third kappa shape index (κ3) is 16.9. The van der Waals surface area contributed by atoms with Crippen LogP contribution < -0.4 is 0 Å². The van der Waals surface area contributed by atoms with Gasteiger partial charge in [-0.1, -0.05) is 181 Å². The molecule has 0 amide bonds. The van der Waals surface area contributed by atoms with E-state index < -0.39 is 11.9 Å². The summed E-state index contributed by atoms with van der Waals surface area (Å²) in [4.78, 5) is 33.8. The third-order valence-corrected chi connectivity index (χ3v) is 10.8. The molecule has 0 aliphatic carbocycles. The summed E-state index contributed by atoms with van der Waals surface area (Å²) in [5.74, 6) is -1.39. The van der Waals surface area contributed by atoms with Crippen LogP contribution in [-0.4, -0.2) is 50.0 Å². The molecule has 0 heterocycles. The van der Waals surface area contributed by atoms with Gasteiger partial charge in [-0.3, -0.25) is 0 Å². The van der Waals surface area contributed by atoms with E-state index in [0.717, 1.165) is 50.1 Å². The quantitative estimate of drug-likeness (QED) is 0.0985. The number of carboxylic acid groups (broad SMARTS) is 2. The minimum Gasteiger partial charge on any atom is -0.507 e. The summed E-state index contributed by atoms with van der Waals surface area (Å²) in [6, 6.07) is 11.5. The molecule has 360 valence electrons. The van der Waals surface area contributed by atoms with E-state index >= 15 is 0 Å². The molecule has 65 heavy (non-hydrogen) atoms. The molecule has 3 aromatic rings. The highest BCUT2D eigenvalue weighted by Gasteiger charge is 2.30. The van der Waals surface area contributed by atoms with Crippen LogP contribution in [-0.2, 0) is 70.9 Å². The Balaban J connectivity index is 0.000000488. The molecule has 0 saturated carbocycles. The maximum Gasteiger partial charge on any atom is 0.333 e. The standard InChI is InChI=1S/C20H30O3.2C18H26O3/c1-9-23-18(22)13(2)10-14-11-15(19(3,4)5)17(21)16(12-14)20(6,7)8;2*1-11(16(20)21)8-12-9-13(17(2,3)4)15(19)14(10-12)18(5,6)7/h11-12,21H,2,9-10H2,1,3-8H3;2*9-10,19H,1,8H2,2-7H3,(H,20,21).